The molecular weight excluding hydrogens is 290 g/mol. The van der Waals surface area contributed by atoms with E-state index in [-0.39, 0.29) is 23.7 Å². The van der Waals surface area contributed by atoms with Gasteiger partial charge in [0.2, 0.25) is 0 Å². The Kier molecular flexibility index (Phi) is 5.05. The molecule has 0 N–H and O–H groups in total. The maximum Gasteiger partial charge on any atom is 0.350 e. The summed E-state index contributed by atoms with van der Waals surface area (Å²) in [4.78, 5) is 24.3. The summed E-state index contributed by atoms with van der Waals surface area (Å²) in [6.45, 7) is 3.88. The number of esters is 2. The van der Waals surface area contributed by atoms with Gasteiger partial charge in [-0.05, 0) is 25.4 Å². The summed E-state index contributed by atoms with van der Waals surface area (Å²) in [6.07, 6.45) is 0. The number of nitrogens with zero attached hydrogens (tertiary/aromatic N) is 1. The Bertz CT molecular complexity index is 636. The molecule has 2 rings (SSSR count). The number of carbonyl (C=O) groups excluding carboxylic acids is 2. The van der Waals surface area contributed by atoms with Crippen LogP contribution in [0.3, 0.4) is 0 Å². The molecule has 110 valence electrons. The van der Waals surface area contributed by atoms with Gasteiger partial charge in [0.05, 0.1) is 18.9 Å². The van der Waals surface area contributed by atoms with Crippen LogP contribution < -0.4 is 0 Å². The molecule has 1 aromatic carbocycles. The van der Waals surface area contributed by atoms with Gasteiger partial charge >= 0.3 is 11.9 Å². The quantitative estimate of drug-likeness (QED) is 0.794. The molecule has 0 unspecified atom stereocenters. The Hall–Kier alpha value is -2.21. The summed E-state index contributed by atoms with van der Waals surface area (Å²) in [6, 6.07) is 9.20. The monoisotopic (exact) mass is 305 g/mol. The van der Waals surface area contributed by atoms with Crippen LogP contribution in [-0.2, 0) is 9.47 Å². The summed E-state index contributed by atoms with van der Waals surface area (Å²) in [5.41, 5.74) is 1.38. The fraction of sp³-hybridized carbons (Fsp3) is 0.267. The van der Waals surface area contributed by atoms with Gasteiger partial charge in [-0.25, -0.2) is 9.59 Å². The molecule has 0 bridgehead atoms. The lowest BCUT2D eigenvalue weighted by Crippen LogP contribution is -2.12. The largest absolute Gasteiger partial charge is 0.462 e. The third kappa shape index (κ3) is 3.28. The molecule has 21 heavy (non-hydrogen) atoms. The van der Waals surface area contributed by atoms with Crippen LogP contribution in [0, 0.1) is 0 Å². The van der Waals surface area contributed by atoms with E-state index in [0.717, 1.165) is 17.1 Å². The molecule has 0 aliphatic heterocycles. The van der Waals surface area contributed by atoms with Gasteiger partial charge < -0.3 is 9.47 Å². The van der Waals surface area contributed by atoms with Gasteiger partial charge in [0.1, 0.15) is 10.4 Å². The lowest BCUT2D eigenvalue weighted by atomic mass is 10.1. The van der Waals surface area contributed by atoms with E-state index in [2.05, 4.69) is 4.37 Å². The van der Waals surface area contributed by atoms with E-state index in [1.807, 2.05) is 30.3 Å². The number of benzene rings is 1. The summed E-state index contributed by atoms with van der Waals surface area (Å²) < 4.78 is 14.2. The summed E-state index contributed by atoms with van der Waals surface area (Å²) in [5.74, 6) is -1.12. The van der Waals surface area contributed by atoms with E-state index in [1.165, 1.54) is 0 Å². The number of ether oxygens (including phenoxy) is 2. The molecule has 2 aromatic rings. The summed E-state index contributed by atoms with van der Waals surface area (Å²) in [7, 11) is 0. The van der Waals surface area contributed by atoms with Crippen LogP contribution in [0.2, 0.25) is 0 Å². The van der Waals surface area contributed by atoms with Crippen molar-refractivity contribution in [3.8, 4) is 11.3 Å². The Morgan fingerprint density at radius 2 is 1.67 bits per heavy atom. The fourth-order valence-electron chi connectivity index (χ4n) is 1.81. The fourth-order valence-corrected chi connectivity index (χ4v) is 2.60. The predicted molar refractivity (Wildman–Crippen MR) is 79.5 cm³/mol. The van der Waals surface area contributed by atoms with Crippen LogP contribution in [0.5, 0.6) is 0 Å². The highest BCUT2D eigenvalue weighted by Gasteiger charge is 2.27. The van der Waals surface area contributed by atoms with Crippen molar-refractivity contribution in [1.29, 1.82) is 0 Å². The maximum absolute atomic E-state index is 12.2. The molecule has 0 fully saturated rings. The third-order valence-electron chi connectivity index (χ3n) is 2.68. The Morgan fingerprint density at radius 3 is 2.29 bits per heavy atom. The van der Waals surface area contributed by atoms with Crippen LogP contribution in [-0.4, -0.2) is 29.5 Å². The van der Waals surface area contributed by atoms with Crippen molar-refractivity contribution in [2.75, 3.05) is 13.2 Å². The van der Waals surface area contributed by atoms with Crippen LogP contribution in [0.1, 0.15) is 33.9 Å². The molecule has 1 heterocycles. The molecule has 0 radical (unpaired) electrons. The molecule has 0 aliphatic carbocycles. The van der Waals surface area contributed by atoms with Crippen LogP contribution in [0.25, 0.3) is 11.3 Å². The number of carbonyl (C=O) groups is 2. The van der Waals surface area contributed by atoms with E-state index in [0.29, 0.717) is 5.69 Å². The van der Waals surface area contributed by atoms with Crippen molar-refractivity contribution in [1.82, 2.24) is 4.37 Å². The molecule has 0 amide bonds. The average molecular weight is 305 g/mol. The van der Waals surface area contributed by atoms with Gasteiger partial charge in [0.15, 0.2) is 0 Å². The SMILES string of the molecule is CCOC(=O)c1snc(-c2ccccc2)c1C(=O)OCC. The summed E-state index contributed by atoms with van der Waals surface area (Å²) >= 11 is 0.948. The minimum absolute atomic E-state index is 0.173. The third-order valence-corrected chi connectivity index (χ3v) is 3.51. The van der Waals surface area contributed by atoms with E-state index >= 15 is 0 Å². The first kappa shape index (κ1) is 15.2. The van der Waals surface area contributed by atoms with E-state index < -0.39 is 11.9 Å². The summed E-state index contributed by atoms with van der Waals surface area (Å²) in [5, 5.41) is 0. The van der Waals surface area contributed by atoms with Crippen LogP contribution in [0.15, 0.2) is 30.3 Å². The Morgan fingerprint density at radius 1 is 1.05 bits per heavy atom. The highest BCUT2D eigenvalue weighted by Crippen LogP contribution is 2.29. The van der Waals surface area contributed by atoms with Crippen LogP contribution in [0.4, 0.5) is 0 Å². The highest BCUT2D eigenvalue weighted by molar-refractivity contribution is 7.08. The molecule has 6 heteroatoms. The second-order valence-corrected chi connectivity index (χ2v) is 4.82. The molecule has 0 spiro atoms. The molecule has 5 nitrogen and oxygen atoms in total. The maximum atomic E-state index is 12.2. The van der Waals surface area contributed by atoms with Gasteiger partial charge in [0.25, 0.3) is 0 Å². The molecule has 0 aliphatic rings. The van der Waals surface area contributed by atoms with Gasteiger partial charge in [0, 0.05) is 5.56 Å². The standard InChI is InChI=1S/C15H15NO4S/c1-3-19-14(17)11-12(10-8-6-5-7-9-10)16-21-13(11)15(18)20-4-2/h5-9H,3-4H2,1-2H3. The predicted octanol–water partition coefficient (Wildman–Crippen LogP) is 3.16. The zero-order valence-corrected chi connectivity index (χ0v) is 12.6. The van der Waals surface area contributed by atoms with Crippen molar-refractivity contribution < 1.29 is 19.1 Å². The van der Waals surface area contributed by atoms with Crippen molar-refractivity contribution in [3.63, 3.8) is 0 Å². The average Bonchev–Trinajstić information content (AvgIpc) is 2.93. The van der Waals surface area contributed by atoms with Gasteiger partial charge in [-0.15, -0.1) is 0 Å². The lowest BCUT2D eigenvalue weighted by Gasteiger charge is -2.05. The number of hydrogen-bond acceptors (Lipinski definition) is 6. The molecule has 0 atom stereocenters. The Labute approximate surface area is 126 Å². The van der Waals surface area contributed by atoms with Gasteiger partial charge in [-0.3, -0.25) is 0 Å². The topological polar surface area (TPSA) is 65.5 Å². The first-order valence-electron chi connectivity index (χ1n) is 6.58. The Balaban J connectivity index is 2.51. The van der Waals surface area contributed by atoms with Gasteiger partial charge in [-0.1, -0.05) is 30.3 Å². The first-order chi connectivity index (χ1) is 10.2. The zero-order chi connectivity index (χ0) is 15.2. The molecular formula is C15H15NO4S. The molecule has 1 aromatic heterocycles. The second kappa shape index (κ2) is 6.99. The van der Waals surface area contributed by atoms with Crippen molar-refractivity contribution >= 4 is 23.5 Å². The van der Waals surface area contributed by atoms with Gasteiger partial charge in [-0.2, -0.15) is 4.37 Å². The highest BCUT2D eigenvalue weighted by atomic mass is 32.1. The van der Waals surface area contributed by atoms with Crippen molar-refractivity contribution in [3.05, 3.63) is 40.8 Å². The lowest BCUT2D eigenvalue weighted by molar-refractivity contribution is 0.0484. The van der Waals surface area contributed by atoms with Crippen molar-refractivity contribution in [2.45, 2.75) is 13.8 Å². The van der Waals surface area contributed by atoms with Crippen LogP contribution >= 0.6 is 11.5 Å². The first-order valence-corrected chi connectivity index (χ1v) is 7.35. The van der Waals surface area contributed by atoms with E-state index in [1.54, 1.807) is 13.8 Å². The second-order valence-electron chi connectivity index (χ2n) is 4.04. The van der Waals surface area contributed by atoms with E-state index in [9.17, 15) is 9.59 Å². The molecule has 0 saturated heterocycles. The minimum Gasteiger partial charge on any atom is -0.462 e. The number of hydrogen-bond donors (Lipinski definition) is 0. The minimum atomic E-state index is -0.562. The zero-order valence-electron chi connectivity index (χ0n) is 11.8. The number of aromatic nitrogens is 1. The van der Waals surface area contributed by atoms with Crippen molar-refractivity contribution in [2.24, 2.45) is 0 Å². The normalized spacial score (nSPS) is 10.2. The smallest absolute Gasteiger partial charge is 0.350 e. The van der Waals surface area contributed by atoms with E-state index in [4.69, 9.17) is 9.47 Å². The molecule has 0 saturated carbocycles. The number of rotatable bonds is 5.